The van der Waals surface area contributed by atoms with Crippen LogP contribution in [0.5, 0.6) is 0 Å². The standard InChI is InChI=1S/C13H7BF2/c14-8-5-6-10-9-3-1-2-4-11(9)13(15,16)12(10)7-8/h1-7H. The number of rotatable bonds is 0. The Hall–Kier alpha value is -1.64. The summed E-state index contributed by atoms with van der Waals surface area (Å²) in [5.41, 5.74) is 1.62. The number of fused-ring (bicyclic) bond motifs is 3. The molecule has 0 N–H and O–H groups in total. The summed E-state index contributed by atoms with van der Waals surface area (Å²) >= 11 is 0. The second kappa shape index (κ2) is 2.94. The van der Waals surface area contributed by atoms with E-state index in [0.717, 1.165) is 0 Å². The molecule has 1 aliphatic carbocycles. The van der Waals surface area contributed by atoms with Crippen LogP contribution in [-0.2, 0) is 5.92 Å². The van der Waals surface area contributed by atoms with Crippen molar-refractivity contribution in [1.82, 2.24) is 0 Å². The second-order valence-electron chi connectivity index (χ2n) is 3.92. The molecule has 3 heteroatoms. The maximum absolute atomic E-state index is 14.1. The predicted molar refractivity (Wildman–Crippen MR) is 60.3 cm³/mol. The summed E-state index contributed by atoms with van der Waals surface area (Å²) in [6.07, 6.45) is 0. The molecule has 0 unspecified atom stereocenters. The molecule has 16 heavy (non-hydrogen) atoms. The van der Waals surface area contributed by atoms with Crippen LogP contribution in [0.2, 0.25) is 0 Å². The highest BCUT2D eigenvalue weighted by molar-refractivity contribution is 6.32. The van der Waals surface area contributed by atoms with Crippen LogP contribution in [0.3, 0.4) is 0 Å². The first-order valence-electron chi connectivity index (χ1n) is 4.98. The van der Waals surface area contributed by atoms with Gasteiger partial charge < -0.3 is 0 Å². The lowest BCUT2D eigenvalue weighted by Gasteiger charge is -2.12. The lowest BCUT2D eigenvalue weighted by molar-refractivity contribution is 0.0481. The van der Waals surface area contributed by atoms with E-state index in [0.29, 0.717) is 16.6 Å². The van der Waals surface area contributed by atoms with E-state index in [9.17, 15) is 8.78 Å². The number of benzene rings is 2. The summed E-state index contributed by atoms with van der Waals surface area (Å²) in [6.45, 7) is 0. The largest absolute Gasteiger partial charge is 0.299 e. The summed E-state index contributed by atoms with van der Waals surface area (Å²) in [5, 5.41) is 0. The Kier molecular flexibility index (Phi) is 1.76. The lowest BCUT2D eigenvalue weighted by atomic mass is 9.91. The molecule has 0 nitrogen and oxygen atoms in total. The van der Waals surface area contributed by atoms with Crippen LogP contribution in [0, 0.1) is 0 Å². The summed E-state index contributed by atoms with van der Waals surface area (Å²) in [5.74, 6) is -2.93. The number of alkyl halides is 2. The van der Waals surface area contributed by atoms with Crippen molar-refractivity contribution in [2.24, 2.45) is 0 Å². The van der Waals surface area contributed by atoms with Crippen LogP contribution in [-0.4, -0.2) is 7.85 Å². The predicted octanol–water partition coefficient (Wildman–Crippen LogP) is 2.60. The molecular weight excluding hydrogens is 205 g/mol. The summed E-state index contributed by atoms with van der Waals surface area (Å²) in [7, 11) is 5.55. The lowest BCUT2D eigenvalue weighted by Crippen LogP contribution is -2.14. The van der Waals surface area contributed by atoms with Crippen molar-refractivity contribution in [2.75, 3.05) is 0 Å². The molecule has 1 aliphatic rings. The highest BCUT2D eigenvalue weighted by Crippen LogP contribution is 2.50. The molecule has 0 aliphatic heterocycles. The average Bonchev–Trinajstić information content (AvgIpc) is 2.49. The van der Waals surface area contributed by atoms with E-state index in [4.69, 9.17) is 7.85 Å². The highest BCUT2D eigenvalue weighted by atomic mass is 19.3. The van der Waals surface area contributed by atoms with Gasteiger partial charge in [0.2, 0.25) is 0 Å². The van der Waals surface area contributed by atoms with E-state index < -0.39 is 5.92 Å². The van der Waals surface area contributed by atoms with Crippen molar-refractivity contribution in [1.29, 1.82) is 0 Å². The summed E-state index contributed by atoms with van der Waals surface area (Å²) in [6, 6.07) is 11.2. The molecule has 0 spiro atoms. The first-order chi connectivity index (χ1) is 7.60. The topological polar surface area (TPSA) is 0 Å². The van der Waals surface area contributed by atoms with E-state index in [2.05, 4.69) is 0 Å². The Balaban J connectivity index is 2.39. The van der Waals surface area contributed by atoms with Crippen LogP contribution >= 0.6 is 0 Å². The average molecular weight is 212 g/mol. The van der Waals surface area contributed by atoms with Crippen molar-refractivity contribution in [2.45, 2.75) is 5.92 Å². The zero-order chi connectivity index (χ0) is 11.3. The van der Waals surface area contributed by atoms with Crippen LogP contribution < -0.4 is 5.46 Å². The fourth-order valence-corrected chi connectivity index (χ4v) is 2.19. The minimum atomic E-state index is -2.93. The first kappa shape index (κ1) is 9.58. The molecule has 0 heterocycles. The first-order valence-corrected chi connectivity index (χ1v) is 4.98. The van der Waals surface area contributed by atoms with Gasteiger partial charge in [-0.3, -0.25) is 0 Å². The molecule has 0 fully saturated rings. The Bertz CT molecular complexity index is 576. The van der Waals surface area contributed by atoms with Crippen LogP contribution in [0.4, 0.5) is 8.78 Å². The molecule has 0 saturated carbocycles. The van der Waals surface area contributed by atoms with Gasteiger partial charge in [0.05, 0.1) is 0 Å². The van der Waals surface area contributed by atoms with Gasteiger partial charge in [-0.1, -0.05) is 47.9 Å². The van der Waals surface area contributed by atoms with Gasteiger partial charge in [-0.2, -0.15) is 8.78 Å². The Morgan fingerprint density at radius 1 is 0.875 bits per heavy atom. The minimum Gasteiger partial charge on any atom is -0.196 e. The summed E-state index contributed by atoms with van der Waals surface area (Å²) in [4.78, 5) is 0. The van der Waals surface area contributed by atoms with E-state index in [1.54, 1.807) is 30.3 Å². The fourth-order valence-electron chi connectivity index (χ4n) is 2.19. The molecule has 0 saturated heterocycles. The Labute approximate surface area is 93.3 Å². The third-order valence-electron chi connectivity index (χ3n) is 2.94. The minimum absolute atomic E-state index is 0.00806. The number of hydrogen-bond donors (Lipinski definition) is 0. The molecule has 2 aromatic carbocycles. The molecule has 0 aromatic heterocycles. The van der Waals surface area contributed by atoms with Gasteiger partial charge >= 0.3 is 0 Å². The Morgan fingerprint density at radius 3 is 2.38 bits per heavy atom. The van der Waals surface area contributed by atoms with Crippen molar-refractivity contribution >= 4 is 13.3 Å². The molecular formula is C13H7BF2. The number of hydrogen-bond acceptors (Lipinski definition) is 0. The van der Waals surface area contributed by atoms with Gasteiger partial charge in [0.15, 0.2) is 0 Å². The van der Waals surface area contributed by atoms with Crippen molar-refractivity contribution in [3.8, 4) is 11.1 Å². The van der Waals surface area contributed by atoms with Gasteiger partial charge in [0.25, 0.3) is 5.92 Å². The molecule has 3 rings (SSSR count). The smallest absolute Gasteiger partial charge is 0.196 e. The molecule has 76 valence electrons. The quantitative estimate of drug-likeness (QED) is 0.588. The SMILES string of the molecule is [B]c1ccc2c(c1)C(F)(F)c1ccccc1-2. The normalized spacial score (nSPS) is 15.6. The zero-order valence-electron chi connectivity index (χ0n) is 8.37. The molecule has 2 aromatic rings. The van der Waals surface area contributed by atoms with Gasteiger partial charge in [-0.25, -0.2) is 0 Å². The Morgan fingerprint density at radius 2 is 1.56 bits per heavy atom. The maximum Gasteiger partial charge on any atom is 0.299 e. The van der Waals surface area contributed by atoms with E-state index in [1.165, 1.54) is 12.1 Å². The molecule has 2 radical (unpaired) electrons. The van der Waals surface area contributed by atoms with Crippen molar-refractivity contribution in [3.05, 3.63) is 53.6 Å². The van der Waals surface area contributed by atoms with Gasteiger partial charge in [0.1, 0.15) is 7.85 Å². The fraction of sp³-hybridized carbons (Fsp3) is 0.0769. The van der Waals surface area contributed by atoms with Gasteiger partial charge in [-0.05, 0) is 11.1 Å². The van der Waals surface area contributed by atoms with E-state index >= 15 is 0 Å². The highest BCUT2D eigenvalue weighted by Gasteiger charge is 2.43. The van der Waals surface area contributed by atoms with Gasteiger partial charge in [-0.15, -0.1) is 0 Å². The summed E-state index contributed by atoms with van der Waals surface area (Å²) < 4.78 is 28.1. The molecule has 0 amide bonds. The van der Waals surface area contributed by atoms with E-state index in [1.807, 2.05) is 0 Å². The number of halogens is 2. The third kappa shape index (κ3) is 1.09. The maximum atomic E-state index is 14.1. The molecule has 0 bridgehead atoms. The van der Waals surface area contributed by atoms with Crippen LogP contribution in [0.25, 0.3) is 11.1 Å². The van der Waals surface area contributed by atoms with Crippen LogP contribution in [0.15, 0.2) is 42.5 Å². The zero-order valence-corrected chi connectivity index (χ0v) is 8.37. The monoisotopic (exact) mass is 212 g/mol. The van der Waals surface area contributed by atoms with E-state index in [-0.39, 0.29) is 11.1 Å². The van der Waals surface area contributed by atoms with Crippen molar-refractivity contribution < 1.29 is 8.78 Å². The molecule has 0 atom stereocenters. The third-order valence-corrected chi connectivity index (χ3v) is 2.94. The van der Waals surface area contributed by atoms with Crippen LogP contribution in [0.1, 0.15) is 11.1 Å². The van der Waals surface area contributed by atoms with Gasteiger partial charge in [0, 0.05) is 11.1 Å². The second-order valence-corrected chi connectivity index (χ2v) is 3.92. The van der Waals surface area contributed by atoms with Crippen molar-refractivity contribution in [3.63, 3.8) is 0 Å².